The first kappa shape index (κ1) is 19.7. The van der Waals surface area contributed by atoms with Gasteiger partial charge < -0.3 is 9.52 Å². The van der Waals surface area contributed by atoms with Gasteiger partial charge in [-0.2, -0.15) is 0 Å². The maximum Gasteiger partial charge on any atom is 0.218 e. The van der Waals surface area contributed by atoms with E-state index >= 15 is 0 Å². The summed E-state index contributed by atoms with van der Waals surface area (Å²) in [6.45, 7) is 4.63. The fourth-order valence-corrected chi connectivity index (χ4v) is 8.56. The number of rotatable bonds is 1. The van der Waals surface area contributed by atoms with Crippen LogP contribution in [0.2, 0.25) is 0 Å². The van der Waals surface area contributed by atoms with E-state index in [1.165, 1.54) is 12.7 Å². The van der Waals surface area contributed by atoms with Gasteiger partial charge in [-0.1, -0.05) is 19.8 Å². The van der Waals surface area contributed by atoms with Crippen LogP contribution in [0.25, 0.3) is 0 Å². The highest BCUT2D eigenvalue weighted by atomic mass is 32.2. The van der Waals surface area contributed by atoms with Crippen molar-refractivity contribution in [2.45, 2.75) is 75.9 Å². The van der Waals surface area contributed by atoms with Crippen LogP contribution < -0.4 is 0 Å². The van der Waals surface area contributed by atoms with Crippen molar-refractivity contribution in [1.29, 1.82) is 0 Å². The molecule has 5 rings (SSSR count). The second-order valence-electron chi connectivity index (χ2n) is 10.8. The molecule has 7 atom stereocenters. The minimum atomic E-state index is -3.32. The molecule has 1 aromatic rings. The highest BCUT2D eigenvalue weighted by Gasteiger charge is 2.64. The van der Waals surface area contributed by atoms with Crippen LogP contribution in [0.5, 0.6) is 0 Å². The molecular weight excluding hydrogens is 384 g/mol. The van der Waals surface area contributed by atoms with Crippen LogP contribution in [0.4, 0.5) is 0 Å². The van der Waals surface area contributed by atoms with Crippen LogP contribution in [0.3, 0.4) is 0 Å². The zero-order valence-electron chi connectivity index (χ0n) is 17.7. The number of hydrogen-bond acceptors (Lipinski definition) is 4. The Hall–Kier alpha value is -1.25. The summed E-state index contributed by atoms with van der Waals surface area (Å²) in [7, 11) is -3.32. The van der Waals surface area contributed by atoms with Crippen LogP contribution in [0, 0.1) is 46.8 Å². The highest BCUT2D eigenvalue weighted by Crippen LogP contribution is 2.67. The number of furan rings is 1. The topological polar surface area (TPSA) is 67.5 Å². The quantitative estimate of drug-likeness (QED) is 0.703. The number of aliphatic hydroxyl groups is 1. The summed E-state index contributed by atoms with van der Waals surface area (Å²) in [4.78, 5) is 0. The van der Waals surface area contributed by atoms with E-state index < -0.39 is 15.4 Å². The molecule has 0 amide bonds. The Labute approximate surface area is 174 Å². The van der Waals surface area contributed by atoms with Crippen LogP contribution >= 0.6 is 0 Å². The molecular formula is C24H32O4S. The Morgan fingerprint density at radius 2 is 1.90 bits per heavy atom. The molecule has 3 unspecified atom stereocenters. The fourth-order valence-electron chi connectivity index (χ4n) is 7.95. The molecule has 0 aromatic carbocycles. The van der Waals surface area contributed by atoms with Crippen molar-refractivity contribution in [3.8, 4) is 12.3 Å². The van der Waals surface area contributed by atoms with Gasteiger partial charge in [0, 0.05) is 18.1 Å². The average molecular weight is 417 g/mol. The van der Waals surface area contributed by atoms with Crippen LogP contribution in [-0.2, 0) is 22.7 Å². The maximum atomic E-state index is 12.0. The Balaban J connectivity index is 1.49. The first-order chi connectivity index (χ1) is 13.5. The smallest absolute Gasteiger partial charge is 0.218 e. The molecule has 1 aromatic heterocycles. The SMILES string of the molecule is C#C[C@]1(O)CCC2C3CC[C@H]4Cc5cc(S(C)(=O)=O)oc5C[C@]4(C)C3CC[C@@]21C. The Morgan fingerprint density at radius 1 is 1.17 bits per heavy atom. The largest absolute Gasteiger partial charge is 0.449 e. The van der Waals surface area contributed by atoms with Crippen LogP contribution in [-0.4, -0.2) is 25.4 Å². The molecule has 4 aliphatic rings. The molecule has 0 radical (unpaired) electrons. The first-order valence-electron chi connectivity index (χ1n) is 11.0. The molecule has 1 N–H and O–H groups in total. The molecule has 1 heterocycles. The average Bonchev–Trinajstić information content (AvgIpc) is 3.18. The first-order valence-corrected chi connectivity index (χ1v) is 12.9. The lowest BCUT2D eigenvalue weighted by Crippen LogP contribution is -2.56. The van der Waals surface area contributed by atoms with E-state index in [1.807, 2.05) is 0 Å². The summed E-state index contributed by atoms with van der Waals surface area (Å²) < 4.78 is 29.8. The number of fused-ring (bicyclic) bond motifs is 6. The lowest BCUT2D eigenvalue weighted by atomic mass is 9.44. The molecule has 4 aliphatic carbocycles. The summed E-state index contributed by atoms with van der Waals surface area (Å²) in [5, 5.41) is 11.3. The zero-order valence-corrected chi connectivity index (χ0v) is 18.5. The van der Waals surface area contributed by atoms with E-state index in [1.54, 1.807) is 6.07 Å². The molecule has 5 heteroatoms. The highest BCUT2D eigenvalue weighted by molar-refractivity contribution is 7.90. The predicted molar refractivity (Wildman–Crippen MR) is 111 cm³/mol. The third-order valence-electron chi connectivity index (χ3n) is 9.70. The molecule has 3 saturated carbocycles. The van der Waals surface area contributed by atoms with Crippen molar-refractivity contribution in [3.63, 3.8) is 0 Å². The number of sulfone groups is 1. The van der Waals surface area contributed by atoms with Gasteiger partial charge in [-0.25, -0.2) is 8.42 Å². The van der Waals surface area contributed by atoms with Gasteiger partial charge in [-0.15, -0.1) is 6.42 Å². The molecule has 3 fully saturated rings. The van der Waals surface area contributed by atoms with E-state index in [2.05, 4.69) is 19.8 Å². The fraction of sp³-hybridized carbons (Fsp3) is 0.750. The van der Waals surface area contributed by atoms with E-state index in [4.69, 9.17) is 10.8 Å². The van der Waals surface area contributed by atoms with Crippen molar-refractivity contribution in [1.82, 2.24) is 0 Å². The van der Waals surface area contributed by atoms with Gasteiger partial charge in [0.25, 0.3) is 0 Å². The van der Waals surface area contributed by atoms with E-state index in [9.17, 15) is 13.5 Å². The van der Waals surface area contributed by atoms with E-state index in [0.717, 1.165) is 49.8 Å². The third-order valence-corrected chi connectivity index (χ3v) is 10.6. The van der Waals surface area contributed by atoms with E-state index in [0.29, 0.717) is 30.1 Å². The van der Waals surface area contributed by atoms with Gasteiger partial charge in [0.1, 0.15) is 11.4 Å². The second-order valence-corrected chi connectivity index (χ2v) is 12.8. The molecule has 4 nitrogen and oxygen atoms in total. The monoisotopic (exact) mass is 416 g/mol. The van der Waals surface area contributed by atoms with Crippen LogP contribution in [0.15, 0.2) is 15.6 Å². The summed E-state index contributed by atoms with van der Waals surface area (Å²) in [5.41, 5.74) is 0.0707. The second kappa shape index (κ2) is 5.92. The molecule has 158 valence electrons. The van der Waals surface area contributed by atoms with E-state index in [-0.39, 0.29) is 15.9 Å². The molecule has 0 spiro atoms. The lowest BCUT2D eigenvalue weighted by molar-refractivity contribution is -0.128. The van der Waals surface area contributed by atoms with Gasteiger partial charge in [-0.05, 0) is 85.7 Å². The van der Waals surface area contributed by atoms with Gasteiger partial charge >= 0.3 is 0 Å². The Morgan fingerprint density at radius 3 is 2.59 bits per heavy atom. The van der Waals surface area contributed by atoms with Crippen LogP contribution in [0.1, 0.15) is 63.7 Å². The third kappa shape index (κ3) is 2.51. The molecule has 0 bridgehead atoms. The summed E-state index contributed by atoms with van der Waals surface area (Å²) in [6.07, 6.45) is 14.9. The summed E-state index contributed by atoms with van der Waals surface area (Å²) in [6, 6.07) is 1.76. The predicted octanol–water partition coefficient (Wildman–Crippen LogP) is 4.00. The number of terminal acetylenes is 1. The minimum absolute atomic E-state index is 0.118. The molecule has 0 saturated heterocycles. The van der Waals surface area contributed by atoms with Gasteiger partial charge in [-0.3, -0.25) is 0 Å². The Bertz CT molecular complexity index is 1000. The van der Waals surface area contributed by atoms with Gasteiger partial charge in [0.2, 0.25) is 14.9 Å². The summed E-state index contributed by atoms with van der Waals surface area (Å²) >= 11 is 0. The Kier molecular flexibility index (Phi) is 4.02. The molecule has 0 aliphatic heterocycles. The molecule has 29 heavy (non-hydrogen) atoms. The van der Waals surface area contributed by atoms with Gasteiger partial charge in [0.05, 0.1) is 0 Å². The van der Waals surface area contributed by atoms with Crippen molar-refractivity contribution in [2.24, 2.45) is 34.5 Å². The standard InChI is InChI=1S/C24H32O4S/c1-5-24(25)11-9-19-17-7-6-16-12-15-13-21(29(4,26)27)28-20(15)14-22(16,2)18(17)8-10-23(19,24)3/h1,13,16-19,25H,6-12,14H2,2-4H3/t16-,17?,18?,19?,22-,23-,24-/m0/s1. The summed E-state index contributed by atoms with van der Waals surface area (Å²) in [5.74, 6) is 5.85. The normalized spacial score (nSPS) is 46.2. The zero-order chi connectivity index (χ0) is 20.8. The maximum absolute atomic E-state index is 12.0. The lowest BCUT2D eigenvalue weighted by Gasteiger charge is -2.60. The van der Waals surface area contributed by atoms with Crippen molar-refractivity contribution in [3.05, 3.63) is 17.4 Å². The van der Waals surface area contributed by atoms with Crippen molar-refractivity contribution in [2.75, 3.05) is 6.26 Å². The van der Waals surface area contributed by atoms with Gasteiger partial charge in [0.15, 0.2) is 0 Å². The minimum Gasteiger partial charge on any atom is -0.449 e. The van der Waals surface area contributed by atoms with Crippen molar-refractivity contribution >= 4 is 9.84 Å². The van der Waals surface area contributed by atoms with Crippen molar-refractivity contribution < 1.29 is 17.9 Å². The number of hydrogen-bond donors (Lipinski definition) is 1.